The van der Waals surface area contributed by atoms with Crippen LogP contribution in [0.15, 0.2) is 30.6 Å². The molecule has 4 rings (SSSR count). The highest BCUT2D eigenvalue weighted by atomic mass is 19.1. The van der Waals surface area contributed by atoms with Crippen molar-refractivity contribution in [3.63, 3.8) is 0 Å². The molecule has 172 valence electrons. The van der Waals surface area contributed by atoms with Gasteiger partial charge in [-0.1, -0.05) is 0 Å². The lowest BCUT2D eigenvalue weighted by Crippen LogP contribution is -2.27. The molecule has 2 amide bonds. The normalized spacial score (nSPS) is 17.5. The molecule has 3 aromatic heterocycles. The highest BCUT2D eigenvalue weighted by Gasteiger charge is 2.43. The minimum Gasteiger partial charge on any atom is -0.444 e. The zero-order valence-electron chi connectivity index (χ0n) is 18.8. The third-order valence-corrected chi connectivity index (χ3v) is 5.06. The summed E-state index contributed by atoms with van der Waals surface area (Å²) < 4.78 is 18.4. The van der Waals surface area contributed by atoms with E-state index in [-0.39, 0.29) is 18.1 Å². The summed E-state index contributed by atoms with van der Waals surface area (Å²) in [6, 6.07) is 5.19. The van der Waals surface area contributed by atoms with Crippen molar-refractivity contribution >= 4 is 40.2 Å². The predicted octanol–water partition coefficient (Wildman–Crippen LogP) is 4.23. The smallest absolute Gasteiger partial charge is 0.413 e. The molecule has 3 heterocycles. The van der Waals surface area contributed by atoms with Crippen LogP contribution in [0.5, 0.6) is 0 Å². The molecule has 0 aliphatic heterocycles. The lowest BCUT2D eigenvalue weighted by molar-refractivity contribution is -0.117. The molecular weight excluding hydrogens is 427 g/mol. The maximum absolute atomic E-state index is 13.1. The summed E-state index contributed by atoms with van der Waals surface area (Å²) in [5.41, 5.74) is 7.63. The lowest BCUT2D eigenvalue weighted by Gasteiger charge is -2.19. The second-order valence-corrected chi connectivity index (χ2v) is 9.04. The number of anilines is 3. The van der Waals surface area contributed by atoms with Crippen molar-refractivity contribution in [3.05, 3.63) is 36.2 Å². The van der Waals surface area contributed by atoms with E-state index in [4.69, 9.17) is 10.5 Å². The van der Waals surface area contributed by atoms with E-state index in [1.54, 1.807) is 39.1 Å². The second kappa shape index (κ2) is 8.27. The molecule has 0 radical (unpaired) electrons. The maximum Gasteiger partial charge on any atom is 0.413 e. The van der Waals surface area contributed by atoms with E-state index in [1.165, 1.54) is 6.20 Å². The number of nitrogens with one attached hydrogen (secondary N) is 2. The van der Waals surface area contributed by atoms with Crippen molar-refractivity contribution in [1.29, 1.82) is 0 Å². The van der Waals surface area contributed by atoms with Gasteiger partial charge < -0.3 is 15.8 Å². The van der Waals surface area contributed by atoms with Crippen molar-refractivity contribution in [2.24, 2.45) is 5.92 Å². The number of nitrogens with two attached hydrogens (primary N) is 1. The van der Waals surface area contributed by atoms with Crippen LogP contribution < -0.4 is 16.4 Å². The fraction of sp³-hybridized carbons (Fsp3) is 0.348. The molecule has 10 heteroatoms. The molecule has 2 atom stereocenters. The van der Waals surface area contributed by atoms with E-state index >= 15 is 0 Å². The number of ether oxygens (including phenoxy) is 1. The standard InChI is InChI=1S/C23H25FN6O3/c1-11-5-18(30-22(32)33-23(2,3)4)26-9-14(11)17-6-12-7-19(27-10-15(12)20(25)28-17)29-21(31)13-8-16(13)24/h5-7,9-10,13,16H,8H2,1-4H3,(H2,25,28)(H,26,30,32)(H,27,29,31). The summed E-state index contributed by atoms with van der Waals surface area (Å²) in [5, 5.41) is 6.59. The SMILES string of the molecule is Cc1cc(NC(=O)OC(C)(C)C)ncc1-c1cc2cc(NC(=O)C3CC3F)ncc2c(N)n1. The van der Waals surface area contributed by atoms with Gasteiger partial charge in [-0.3, -0.25) is 10.1 Å². The largest absolute Gasteiger partial charge is 0.444 e. The number of pyridine rings is 3. The monoisotopic (exact) mass is 452 g/mol. The van der Waals surface area contributed by atoms with Crippen LogP contribution in [0.3, 0.4) is 0 Å². The lowest BCUT2D eigenvalue weighted by atomic mass is 10.1. The first-order valence-electron chi connectivity index (χ1n) is 10.5. The highest BCUT2D eigenvalue weighted by molar-refractivity contribution is 5.98. The average molecular weight is 452 g/mol. The number of nitrogen functional groups attached to an aromatic ring is 1. The number of hydrogen-bond acceptors (Lipinski definition) is 7. The first-order valence-corrected chi connectivity index (χ1v) is 10.5. The summed E-state index contributed by atoms with van der Waals surface area (Å²) in [4.78, 5) is 37.0. The van der Waals surface area contributed by atoms with Gasteiger partial charge in [-0.05, 0) is 63.3 Å². The molecule has 0 saturated heterocycles. The zero-order valence-corrected chi connectivity index (χ0v) is 18.8. The molecule has 0 bridgehead atoms. The number of rotatable bonds is 4. The fourth-order valence-electron chi connectivity index (χ4n) is 3.34. The Morgan fingerprint density at radius 1 is 1.12 bits per heavy atom. The minimum atomic E-state index is -1.08. The number of hydrogen-bond donors (Lipinski definition) is 3. The third kappa shape index (κ3) is 5.16. The number of fused-ring (bicyclic) bond motifs is 1. The van der Waals surface area contributed by atoms with Gasteiger partial charge in [0, 0.05) is 23.3 Å². The molecular formula is C23H25FN6O3. The fourth-order valence-corrected chi connectivity index (χ4v) is 3.34. The first kappa shape index (κ1) is 22.4. The van der Waals surface area contributed by atoms with Crippen molar-refractivity contribution in [2.45, 2.75) is 45.9 Å². The maximum atomic E-state index is 13.1. The van der Waals surface area contributed by atoms with Gasteiger partial charge in [0.25, 0.3) is 0 Å². The Hall–Kier alpha value is -3.82. The Labute approximate surface area is 190 Å². The molecule has 0 spiro atoms. The number of aryl methyl sites for hydroxylation is 1. The number of amides is 2. The van der Waals surface area contributed by atoms with Gasteiger partial charge in [0.15, 0.2) is 0 Å². The number of carbonyl (C=O) groups is 2. The minimum absolute atomic E-state index is 0.242. The van der Waals surface area contributed by atoms with Crippen LogP contribution in [0.2, 0.25) is 0 Å². The van der Waals surface area contributed by atoms with Crippen LogP contribution in [0.25, 0.3) is 22.0 Å². The first-order chi connectivity index (χ1) is 15.5. The molecule has 1 aliphatic rings. The Balaban J connectivity index is 1.59. The summed E-state index contributed by atoms with van der Waals surface area (Å²) in [7, 11) is 0. The summed E-state index contributed by atoms with van der Waals surface area (Å²) >= 11 is 0. The van der Waals surface area contributed by atoms with Crippen LogP contribution in [0.1, 0.15) is 32.8 Å². The van der Waals surface area contributed by atoms with Crippen LogP contribution in [0.4, 0.5) is 26.6 Å². The zero-order chi connectivity index (χ0) is 23.9. The van der Waals surface area contributed by atoms with Crippen LogP contribution in [0, 0.1) is 12.8 Å². The number of halogens is 1. The quantitative estimate of drug-likeness (QED) is 0.540. The van der Waals surface area contributed by atoms with Gasteiger partial charge in [0.05, 0.1) is 11.6 Å². The molecule has 0 aromatic carbocycles. The summed E-state index contributed by atoms with van der Waals surface area (Å²) in [6.45, 7) is 7.20. The van der Waals surface area contributed by atoms with Crippen LogP contribution >= 0.6 is 0 Å². The number of alkyl halides is 1. The second-order valence-electron chi connectivity index (χ2n) is 9.04. The molecule has 3 aromatic rings. The Bertz CT molecular complexity index is 1260. The van der Waals surface area contributed by atoms with Gasteiger partial charge in [0.2, 0.25) is 5.91 Å². The molecule has 4 N–H and O–H groups in total. The van der Waals surface area contributed by atoms with E-state index in [2.05, 4.69) is 25.6 Å². The van der Waals surface area contributed by atoms with Crippen LogP contribution in [-0.4, -0.2) is 38.7 Å². The average Bonchev–Trinajstić information content (AvgIpc) is 3.43. The third-order valence-electron chi connectivity index (χ3n) is 5.06. The highest BCUT2D eigenvalue weighted by Crippen LogP contribution is 2.35. The Morgan fingerprint density at radius 3 is 2.42 bits per heavy atom. The number of carbonyl (C=O) groups excluding carboxylic acids is 2. The molecule has 2 unspecified atom stereocenters. The number of aromatic nitrogens is 3. The molecule has 1 saturated carbocycles. The topological polar surface area (TPSA) is 132 Å². The molecule has 33 heavy (non-hydrogen) atoms. The van der Waals surface area contributed by atoms with Gasteiger partial charge >= 0.3 is 6.09 Å². The van der Waals surface area contributed by atoms with Crippen LogP contribution in [-0.2, 0) is 9.53 Å². The van der Waals surface area contributed by atoms with Gasteiger partial charge in [-0.25, -0.2) is 24.1 Å². The van der Waals surface area contributed by atoms with Crippen molar-refractivity contribution < 1.29 is 18.7 Å². The molecule has 1 fully saturated rings. The van der Waals surface area contributed by atoms with E-state index in [1.807, 2.05) is 13.0 Å². The molecule has 9 nitrogen and oxygen atoms in total. The van der Waals surface area contributed by atoms with Gasteiger partial charge in [-0.15, -0.1) is 0 Å². The van der Waals surface area contributed by atoms with Crippen molar-refractivity contribution in [3.8, 4) is 11.3 Å². The van der Waals surface area contributed by atoms with Crippen molar-refractivity contribution in [2.75, 3.05) is 16.4 Å². The van der Waals surface area contributed by atoms with E-state index < -0.39 is 23.8 Å². The summed E-state index contributed by atoms with van der Waals surface area (Å²) in [5.74, 6) is -0.0596. The van der Waals surface area contributed by atoms with E-state index in [0.717, 1.165) is 11.1 Å². The van der Waals surface area contributed by atoms with E-state index in [0.29, 0.717) is 28.1 Å². The Morgan fingerprint density at radius 2 is 1.79 bits per heavy atom. The van der Waals surface area contributed by atoms with Gasteiger partial charge in [-0.2, -0.15) is 0 Å². The molecule has 1 aliphatic carbocycles. The van der Waals surface area contributed by atoms with Crippen molar-refractivity contribution in [1.82, 2.24) is 15.0 Å². The Kier molecular flexibility index (Phi) is 5.61. The summed E-state index contributed by atoms with van der Waals surface area (Å²) in [6.07, 6.45) is 1.68. The predicted molar refractivity (Wildman–Crippen MR) is 123 cm³/mol. The van der Waals surface area contributed by atoms with E-state index in [9.17, 15) is 14.0 Å². The van der Waals surface area contributed by atoms with Gasteiger partial charge in [0.1, 0.15) is 29.2 Å². The number of nitrogens with zero attached hydrogens (tertiary/aromatic N) is 3.